The Morgan fingerprint density at radius 1 is 1.16 bits per heavy atom. The van der Waals surface area contributed by atoms with E-state index >= 15 is 0 Å². The van der Waals surface area contributed by atoms with E-state index < -0.39 is 11.7 Å². The van der Waals surface area contributed by atoms with Crippen LogP contribution in [0.15, 0.2) is 48.5 Å². The minimum absolute atomic E-state index is 0.0334. The monoisotopic (exact) mass is 446 g/mol. The predicted molar refractivity (Wildman–Crippen MR) is 119 cm³/mol. The fourth-order valence-electron chi connectivity index (χ4n) is 4.26. The largest absolute Gasteiger partial charge is 0.416 e. The molecule has 0 radical (unpaired) electrons. The van der Waals surface area contributed by atoms with Crippen LogP contribution in [0.2, 0.25) is 0 Å². The van der Waals surface area contributed by atoms with Gasteiger partial charge in [0.05, 0.1) is 5.56 Å². The molecular weight excluding hydrogens is 417 g/mol. The van der Waals surface area contributed by atoms with Crippen molar-refractivity contribution in [3.8, 4) is 0 Å². The van der Waals surface area contributed by atoms with Gasteiger partial charge in [0.15, 0.2) is 0 Å². The third-order valence-electron chi connectivity index (χ3n) is 6.01. The smallest absolute Gasteiger partial charge is 0.384 e. The van der Waals surface area contributed by atoms with Crippen molar-refractivity contribution in [3.05, 3.63) is 65.2 Å². The maximum Gasteiger partial charge on any atom is 0.416 e. The van der Waals surface area contributed by atoms with E-state index in [4.69, 9.17) is 11.1 Å². The number of nitrogen functional groups attached to an aromatic ring is 1. The minimum Gasteiger partial charge on any atom is -0.384 e. The molecule has 0 bridgehead atoms. The third-order valence-corrected chi connectivity index (χ3v) is 6.01. The predicted octanol–water partition coefficient (Wildman–Crippen LogP) is 5.23. The zero-order chi connectivity index (χ0) is 23.3. The molecule has 1 aliphatic carbocycles. The first kappa shape index (κ1) is 23.8. The van der Waals surface area contributed by atoms with Crippen molar-refractivity contribution < 1.29 is 18.0 Å². The lowest BCUT2D eigenvalue weighted by Crippen LogP contribution is -2.41. The van der Waals surface area contributed by atoms with Crippen LogP contribution in [-0.4, -0.2) is 17.8 Å². The second kappa shape index (κ2) is 10.2. The number of benzene rings is 2. The molecule has 32 heavy (non-hydrogen) atoms. The van der Waals surface area contributed by atoms with Crippen LogP contribution in [-0.2, 0) is 11.0 Å². The second-order valence-corrected chi connectivity index (χ2v) is 8.41. The van der Waals surface area contributed by atoms with Crippen LogP contribution >= 0.6 is 0 Å². The van der Waals surface area contributed by atoms with E-state index in [1.54, 1.807) is 30.3 Å². The maximum atomic E-state index is 13.1. The molecular formula is C24H29F3N4O. The molecule has 0 aliphatic heterocycles. The van der Waals surface area contributed by atoms with E-state index in [0.29, 0.717) is 23.2 Å². The first-order valence-corrected chi connectivity index (χ1v) is 10.8. The summed E-state index contributed by atoms with van der Waals surface area (Å²) < 4.78 is 39.2. The Balaban J connectivity index is 1.61. The molecule has 1 unspecified atom stereocenters. The third kappa shape index (κ3) is 6.32. The first-order valence-electron chi connectivity index (χ1n) is 10.8. The highest BCUT2D eigenvalue weighted by molar-refractivity contribution is 5.96. The number of nitrogens with two attached hydrogens (primary N) is 1. The zero-order valence-corrected chi connectivity index (χ0v) is 18.0. The minimum atomic E-state index is -4.37. The summed E-state index contributed by atoms with van der Waals surface area (Å²) in [5.41, 5.74) is 6.60. The number of amides is 1. The summed E-state index contributed by atoms with van der Waals surface area (Å²) in [6.45, 7) is 1.86. The van der Waals surface area contributed by atoms with Gasteiger partial charge in [-0.2, -0.15) is 13.2 Å². The fourth-order valence-corrected chi connectivity index (χ4v) is 4.26. The number of hydrogen-bond donors (Lipinski definition) is 4. The van der Waals surface area contributed by atoms with Crippen molar-refractivity contribution in [1.29, 1.82) is 5.41 Å². The summed E-state index contributed by atoms with van der Waals surface area (Å²) in [5.74, 6) is -0.0339. The summed E-state index contributed by atoms with van der Waals surface area (Å²) >= 11 is 0. The Bertz CT molecular complexity index is 943. The molecule has 172 valence electrons. The van der Waals surface area contributed by atoms with Crippen LogP contribution in [0.1, 0.15) is 61.8 Å². The standard InChI is InChI=1S/C24H29F3N4O/c1-15(17-6-4-7-19(13-17)24(25,26)27)30-21-8-3-2-5-18(21)14-22(32)31-20-11-9-16(10-12-20)23(28)29/h4,6-7,9-13,15,18,21,30H,2-3,5,8,14H2,1H3,(H3,28,29)(H,31,32)/t15?,18-,21+/m0/s1. The fraction of sp³-hybridized carbons (Fsp3) is 0.417. The molecule has 3 atom stereocenters. The van der Waals surface area contributed by atoms with Crippen LogP contribution in [0.25, 0.3) is 0 Å². The van der Waals surface area contributed by atoms with Gasteiger partial charge in [-0.05, 0) is 67.6 Å². The summed E-state index contributed by atoms with van der Waals surface area (Å²) in [7, 11) is 0. The molecule has 0 saturated heterocycles. The highest BCUT2D eigenvalue weighted by atomic mass is 19.4. The highest BCUT2D eigenvalue weighted by Gasteiger charge is 2.32. The number of rotatable bonds is 7. The van der Waals surface area contributed by atoms with Gasteiger partial charge in [-0.1, -0.05) is 25.0 Å². The molecule has 5 nitrogen and oxygen atoms in total. The first-order chi connectivity index (χ1) is 15.1. The van der Waals surface area contributed by atoms with Gasteiger partial charge >= 0.3 is 6.18 Å². The number of carbonyl (C=O) groups excluding carboxylic acids is 1. The number of hydrogen-bond acceptors (Lipinski definition) is 3. The van der Waals surface area contributed by atoms with Crippen molar-refractivity contribution in [2.45, 2.75) is 57.3 Å². The Labute approximate surface area is 186 Å². The number of nitrogens with one attached hydrogen (secondary N) is 3. The van der Waals surface area contributed by atoms with Gasteiger partial charge in [-0.15, -0.1) is 0 Å². The lowest BCUT2D eigenvalue weighted by atomic mass is 9.81. The topological polar surface area (TPSA) is 91.0 Å². The van der Waals surface area contributed by atoms with Crippen LogP contribution in [0.3, 0.4) is 0 Å². The van der Waals surface area contributed by atoms with Crippen molar-refractivity contribution in [1.82, 2.24) is 5.32 Å². The highest BCUT2D eigenvalue weighted by Crippen LogP contribution is 2.32. The van der Waals surface area contributed by atoms with Gasteiger partial charge in [-0.3, -0.25) is 10.2 Å². The lowest BCUT2D eigenvalue weighted by molar-refractivity contribution is -0.137. The van der Waals surface area contributed by atoms with Crippen molar-refractivity contribution in [2.75, 3.05) is 5.32 Å². The van der Waals surface area contributed by atoms with Gasteiger partial charge in [0.25, 0.3) is 0 Å². The lowest BCUT2D eigenvalue weighted by Gasteiger charge is -2.34. The van der Waals surface area contributed by atoms with Crippen molar-refractivity contribution >= 4 is 17.4 Å². The van der Waals surface area contributed by atoms with Crippen LogP contribution in [0, 0.1) is 11.3 Å². The van der Waals surface area contributed by atoms with Gasteiger partial charge in [-0.25, -0.2) is 0 Å². The molecule has 1 fully saturated rings. The molecule has 1 saturated carbocycles. The van der Waals surface area contributed by atoms with E-state index in [0.717, 1.165) is 31.7 Å². The average molecular weight is 447 g/mol. The molecule has 2 aromatic carbocycles. The summed E-state index contributed by atoms with van der Waals surface area (Å²) in [6, 6.07) is 12.0. The van der Waals surface area contributed by atoms with Gasteiger partial charge < -0.3 is 16.4 Å². The SMILES string of the molecule is CC(N[C@@H]1CCCC[C@H]1CC(=O)Nc1ccc(C(=N)N)cc1)c1cccc(C(F)(F)F)c1. The number of amidine groups is 1. The Morgan fingerprint density at radius 2 is 1.84 bits per heavy atom. The van der Waals surface area contributed by atoms with E-state index in [1.165, 1.54) is 12.1 Å². The number of halogens is 3. The molecule has 0 spiro atoms. The van der Waals surface area contributed by atoms with Crippen molar-refractivity contribution in [3.63, 3.8) is 0 Å². The molecule has 5 N–H and O–H groups in total. The Hall–Kier alpha value is -2.87. The molecule has 3 rings (SSSR count). The van der Waals surface area contributed by atoms with E-state index in [2.05, 4.69) is 10.6 Å². The quantitative estimate of drug-likeness (QED) is 0.347. The Morgan fingerprint density at radius 3 is 2.50 bits per heavy atom. The molecule has 0 aromatic heterocycles. The normalized spacial score (nSPS) is 19.9. The average Bonchev–Trinajstić information content (AvgIpc) is 2.75. The van der Waals surface area contributed by atoms with Crippen LogP contribution in [0.4, 0.5) is 18.9 Å². The van der Waals surface area contributed by atoms with Crippen LogP contribution < -0.4 is 16.4 Å². The van der Waals surface area contributed by atoms with Gasteiger partial charge in [0, 0.05) is 29.8 Å². The van der Waals surface area contributed by atoms with Gasteiger partial charge in [0.1, 0.15) is 5.84 Å². The number of carbonyl (C=O) groups is 1. The van der Waals surface area contributed by atoms with E-state index in [1.807, 2.05) is 6.92 Å². The summed E-state index contributed by atoms with van der Waals surface area (Å²) in [5, 5.41) is 13.8. The zero-order valence-electron chi connectivity index (χ0n) is 18.0. The maximum absolute atomic E-state index is 13.1. The van der Waals surface area contributed by atoms with E-state index in [-0.39, 0.29) is 29.7 Å². The van der Waals surface area contributed by atoms with Crippen molar-refractivity contribution in [2.24, 2.45) is 11.7 Å². The molecule has 1 aliphatic rings. The molecule has 2 aromatic rings. The van der Waals surface area contributed by atoms with Gasteiger partial charge in [0.2, 0.25) is 5.91 Å². The number of alkyl halides is 3. The molecule has 8 heteroatoms. The number of anilines is 1. The van der Waals surface area contributed by atoms with Crippen LogP contribution in [0.5, 0.6) is 0 Å². The van der Waals surface area contributed by atoms with E-state index in [9.17, 15) is 18.0 Å². The second-order valence-electron chi connectivity index (χ2n) is 8.41. The summed E-state index contributed by atoms with van der Waals surface area (Å²) in [4.78, 5) is 12.6. The molecule has 0 heterocycles. The Kier molecular flexibility index (Phi) is 7.56. The molecule has 1 amide bonds. The summed E-state index contributed by atoms with van der Waals surface area (Å²) in [6.07, 6.45) is -0.206.